The van der Waals surface area contributed by atoms with Gasteiger partial charge in [0.1, 0.15) is 5.82 Å². The molecule has 0 atom stereocenters. The monoisotopic (exact) mass is 280 g/mol. The maximum Gasteiger partial charge on any atom is 0.416 e. The second-order valence-corrected chi connectivity index (χ2v) is 4.94. The van der Waals surface area contributed by atoms with Crippen LogP contribution in [0.15, 0.2) is 36.4 Å². The van der Waals surface area contributed by atoms with Crippen LogP contribution in [0.4, 0.5) is 19.0 Å². The first kappa shape index (κ1) is 14.4. The van der Waals surface area contributed by atoms with Crippen LogP contribution in [0.3, 0.4) is 0 Å². The Labute approximate surface area is 115 Å². The Morgan fingerprint density at radius 1 is 1.05 bits per heavy atom. The molecule has 0 unspecified atom stereocenters. The van der Waals surface area contributed by atoms with Crippen molar-refractivity contribution in [1.29, 1.82) is 0 Å². The molecule has 1 heterocycles. The van der Waals surface area contributed by atoms with Gasteiger partial charge in [-0.25, -0.2) is 4.98 Å². The predicted molar refractivity (Wildman–Crippen MR) is 73.2 cm³/mol. The predicted octanol–water partition coefficient (Wildman–Crippen LogP) is 4.47. The van der Waals surface area contributed by atoms with Crippen LogP contribution in [0.5, 0.6) is 0 Å². The van der Waals surface area contributed by atoms with Crippen molar-refractivity contribution in [2.75, 3.05) is 5.73 Å². The molecule has 0 aliphatic carbocycles. The average molecular weight is 280 g/mol. The van der Waals surface area contributed by atoms with E-state index in [0.29, 0.717) is 11.5 Å². The molecular weight excluding hydrogens is 265 g/mol. The van der Waals surface area contributed by atoms with Crippen molar-refractivity contribution >= 4 is 5.82 Å². The molecule has 0 bridgehead atoms. The van der Waals surface area contributed by atoms with Crippen LogP contribution in [-0.4, -0.2) is 4.98 Å². The Morgan fingerprint density at radius 2 is 1.65 bits per heavy atom. The van der Waals surface area contributed by atoms with E-state index in [0.717, 1.165) is 17.7 Å². The second kappa shape index (κ2) is 5.15. The summed E-state index contributed by atoms with van der Waals surface area (Å²) < 4.78 is 38.3. The summed E-state index contributed by atoms with van der Waals surface area (Å²) in [5.74, 6) is 0.228. The summed E-state index contributed by atoms with van der Waals surface area (Å²) >= 11 is 0. The first-order valence-corrected chi connectivity index (χ1v) is 6.22. The number of nitrogen functional groups attached to an aromatic ring is 1. The molecule has 2 nitrogen and oxygen atoms in total. The fraction of sp³-hybridized carbons (Fsp3) is 0.267. The van der Waals surface area contributed by atoms with Crippen LogP contribution in [-0.2, 0) is 6.18 Å². The summed E-state index contributed by atoms with van der Waals surface area (Å²) in [5.41, 5.74) is 6.64. The zero-order valence-electron chi connectivity index (χ0n) is 11.2. The Bertz CT molecular complexity index is 602. The topological polar surface area (TPSA) is 38.9 Å². The van der Waals surface area contributed by atoms with Crippen LogP contribution in [0.2, 0.25) is 0 Å². The Kier molecular flexibility index (Phi) is 3.70. The lowest BCUT2D eigenvalue weighted by atomic mass is 10.0. The molecule has 2 aromatic rings. The quantitative estimate of drug-likeness (QED) is 0.881. The van der Waals surface area contributed by atoms with E-state index in [-0.39, 0.29) is 11.5 Å². The van der Waals surface area contributed by atoms with E-state index in [1.54, 1.807) is 12.1 Å². The van der Waals surface area contributed by atoms with Crippen molar-refractivity contribution in [2.45, 2.75) is 25.9 Å². The fourth-order valence-electron chi connectivity index (χ4n) is 1.90. The number of hydrogen-bond donors (Lipinski definition) is 1. The molecule has 20 heavy (non-hydrogen) atoms. The first-order valence-electron chi connectivity index (χ1n) is 6.22. The third kappa shape index (κ3) is 3.10. The summed E-state index contributed by atoms with van der Waals surface area (Å²) in [6, 6.07) is 9.15. The minimum atomic E-state index is -4.43. The van der Waals surface area contributed by atoms with Gasteiger partial charge in [-0.15, -0.1) is 0 Å². The normalized spacial score (nSPS) is 11.9. The number of pyridine rings is 1. The summed E-state index contributed by atoms with van der Waals surface area (Å²) in [5, 5.41) is 0. The minimum Gasteiger partial charge on any atom is -0.384 e. The highest BCUT2D eigenvalue weighted by atomic mass is 19.4. The second-order valence-electron chi connectivity index (χ2n) is 4.94. The Morgan fingerprint density at radius 3 is 2.15 bits per heavy atom. The van der Waals surface area contributed by atoms with Gasteiger partial charge in [0, 0.05) is 5.56 Å². The number of halogens is 3. The number of hydrogen-bond acceptors (Lipinski definition) is 2. The maximum absolute atomic E-state index is 12.8. The molecule has 0 radical (unpaired) electrons. The standard InChI is InChI=1S/C15H15F3N2/c1-9(2)10-3-5-11(6-4-10)13-7-12(15(16,17)18)8-14(19)20-13/h3-9H,1-2H3,(H2,19,20). The molecule has 2 rings (SSSR count). The molecule has 1 aromatic heterocycles. The number of rotatable bonds is 2. The molecule has 0 aliphatic rings. The summed E-state index contributed by atoms with van der Waals surface area (Å²) in [6.45, 7) is 4.10. The third-order valence-electron chi connectivity index (χ3n) is 3.05. The zero-order valence-corrected chi connectivity index (χ0v) is 11.2. The van der Waals surface area contributed by atoms with Gasteiger partial charge in [-0.1, -0.05) is 38.1 Å². The van der Waals surface area contributed by atoms with E-state index < -0.39 is 11.7 Å². The van der Waals surface area contributed by atoms with Crippen molar-refractivity contribution in [3.05, 3.63) is 47.5 Å². The number of nitrogens with zero attached hydrogens (tertiary/aromatic N) is 1. The molecule has 106 valence electrons. The summed E-state index contributed by atoms with van der Waals surface area (Å²) in [4.78, 5) is 3.97. The lowest BCUT2D eigenvalue weighted by Crippen LogP contribution is -2.07. The summed E-state index contributed by atoms with van der Waals surface area (Å²) in [6.07, 6.45) is -4.43. The van der Waals surface area contributed by atoms with Gasteiger partial charge in [0.2, 0.25) is 0 Å². The van der Waals surface area contributed by atoms with E-state index in [9.17, 15) is 13.2 Å². The van der Waals surface area contributed by atoms with Gasteiger partial charge in [0.05, 0.1) is 11.3 Å². The van der Waals surface area contributed by atoms with E-state index >= 15 is 0 Å². The van der Waals surface area contributed by atoms with Gasteiger partial charge in [0.25, 0.3) is 0 Å². The largest absolute Gasteiger partial charge is 0.416 e. The van der Waals surface area contributed by atoms with Gasteiger partial charge in [0.15, 0.2) is 0 Å². The van der Waals surface area contributed by atoms with E-state index in [1.807, 2.05) is 12.1 Å². The molecule has 0 saturated heterocycles. The SMILES string of the molecule is CC(C)c1ccc(-c2cc(C(F)(F)F)cc(N)n2)cc1. The fourth-order valence-corrected chi connectivity index (χ4v) is 1.90. The molecule has 0 fully saturated rings. The molecule has 1 aromatic carbocycles. The Hall–Kier alpha value is -2.04. The average Bonchev–Trinajstić information content (AvgIpc) is 2.37. The molecule has 2 N–H and O–H groups in total. The highest BCUT2D eigenvalue weighted by Gasteiger charge is 2.31. The molecule has 0 saturated carbocycles. The molecule has 0 amide bonds. The molecule has 5 heteroatoms. The van der Waals surface area contributed by atoms with Crippen LogP contribution in [0.25, 0.3) is 11.3 Å². The van der Waals surface area contributed by atoms with Gasteiger partial charge >= 0.3 is 6.18 Å². The van der Waals surface area contributed by atoms with E-state index in [4.69, 9.17) is 5.73 Å². The van der Waals surface area contributed by atoms with Gasteiger partial charge in [-0.05, 0) is 23.6 Å². The summed E-state index contributed by atoms with van der Waals surface area (Å²) in [7, 11) is 0. The van der Waals surface area contributed by atoms with Crippen LogP contribution < -0.4 is 5.73 Å². The lowest BCUT2D eigenvalue weighted by Gasteiger charge is -2.11. The van der Waals surface area contributed by atoms with Crippen molar-refractivity contribution in [3.8, 4) is 11.3 Å². The molecule has 0 spiro atoms. The van der Waals surface area contributed by atoms with Crippen LogP contribution >= 0.6 is 0 Å². The van der Waals surface area contributed by atoms with Crippen molar-refractivity contribution in [1.82, 2.24) is 4.98 Å². The molecule has 0 aliphatic heterocycles. The van der Waals surface area contributed by atoms with Crippen molar-refractivity contribution in [2.24, 2.45) is 0 Å². The highest BCUT2D eigenvalue weighted by molar-refractivity contribution is 5.62. The minimum absolute atomic E-state index is 0.136. The van der Waals surface area contributed by atoms with Gasteiger partial charge in [-0.3, -0.25) is 0 Å². The first-order chi connectivity index (χ1) is 9.27. The van der Waals surface area contributed by atoms with Crippen molar-refractivity contribution < 1.29 is 13.2 Å². The smallest absolute Gasteiger partial charge is 0.384 e. The number of benzene rings is 1. The van der Waals surface area contributed by atoms with Crippen molar-refractivity contribution in [3.63, 3.8) is 0 Å². The van der Waals surface area contributed by atoms with Crippen LogP contribution in [0, 0.1) is 0 Å². The lowest BCUT2D eigenvalue weighted by molar-refractivity contribution is -0.137. The Balaban J connectivity index is 2.44. The zero-order chi connectivity index (χ0) is 14.9. The number of nitrogens with two attached hydrogens (primary N) is 1. The highest BCUT2D eigenvalue weighted by Crippen LogP contribution is 2.33. The number of alkyl halides is 3. The van der Waals surface area contributed by atoms with Gasteiger partial charge in [-0.2, -0.15) is 13.2 Å². The van der Waals surface area contributed by atoms with E-state index in [1.165, 1.54) is 0 Å². The van der Waals surface area contributed by atoms with E-state index in [2.05, 4.69) is 18.8 Å². The number of aromatic nitrogens is 1. The maximum atomic E-state index is 12.8. The number of anilines is 1. The molecular formula is C15H15F3N2. The third-order valence-corrected chi connectivity index (χ3v) is 3.05. The van der Waals surface area contributed by atoms with Crippen LogP contribution in [0.1, 0.15) is 30.9 Å². The van der Waals surface area contributed by atoms with Gasteiger partial charge < -0.3 is 5.73 Å².